The summed E-state index contributed by atoms with van der Waals surface area (Å²) in [7, 11) is 0. The number of halogens is 1. The molecule has 2 fully saturated rings. The maximum absolute atomic E-state index is 11.4. The van der Waals surface area contributed by atoms with Gasteiger partial charge < -0.3 is 0 Å². The predicted molar refractivity (Wildman–Crippen MR) is 53.1 cm³/mol. The van der Waals surface area contributed by atoms with Crippen LogP contribution < -0.4 is 0 Å². The number of hydrogen-bond acceptors (Lipinski definition) is 3. The molecule has 0 aromatic rings. The molecule has 0 N–H and O–H groups in total. The van der Waals surface area contributed by atoms with Gasteiger partial charge in [-0.25, -0.2) is 4.57 Å². The van der Waals surface area contributed by atoms with Crippen LogP contribution in [0.15, 0.2) is 12.2 Å². The first-order valence-electron chi connectivity index (χ1n) is 4.93. The lowest BCUT2D eigenvalue weighted by Crippen LogP contribution is -2.24. The fraction of sp³-hybridized carbons (Fsp3) is 0.778. The maximum Gasteiger partial charge on any atom is 0.424 e. The molecule has 5 atom stereocenters. The van der Waals surface area contributed by atoms with Gasteiger partial charge in [0.05, 0.1) is 13.2 Å². The fourth-order valence-corrected chi connectivity index (χ4v) is 4.02. The van der Waals surface area contributed by atoms with Crippen LogP contribution in [0, 0.1) is 23.7 Å². The molecule has 5 heteroatoms. The molecular weight excluding hydrogens is 223 g/mol. The number of rotatable bonds is 0. The Hall–Kier alpha value is 0.180. The SMILES string of the molecule is O=P1(Cl)OC[C@@H]2[C@H](CO1)[C@H]1C=C[C@@H]2C1. The molecule has 3 rings (SSSR count). The van der Waals surface area contributed by atoms with Crippen LogP contribution in [0.1, 0.15) is 6.42 Å². The second kappa shape index (κ2) is 3.08. The summed E-state index contributed by atoms with van der Waals surface area (Å²) in [6.07, 6.45) is 5.70. The zero-order valence-electron chi connectivity index (χ0n) is 7.64. The number of fused-ring (bicyclic) bond motifs is 5. The van der Waals surface area contributed by atoms with Crippen molar-refractivity contribution in [1.29, 1.82) is 0 Å². The van der Waals surface area contributed by atoms with E-state index in [0.29, 0.717) is 36.9 Å². The summed E-state index contributed by atoms with van der Waals surface area (Å²) in [6.45, 7) is -2.30. The summed E-state index contributed by atoms with van der Waals surface area (Å²) in [5.41, 5.74) is 0. The van der Waals surface area contributed by atoms with E-state index in [0.717, 1.165) is 0 Å². The summed E-state index contributed by atoms with van der Waals surface area (Å²) in [6, 6.07) is 0. The standard InChI is InChI=1S/C9H12ClO3P/c10-14(11)12-4-8-6-1-2-7(3-6)9(8)5-13-14/h1-2,6-9H,3-5H2/t6-,7+,8+,9-,14?. The van der Waals surface area contributed by atoms with Crippen molar-refractivity contribution in [3.8, 4) is 0 Å². The Balaban J connectivity index is 1.84. The average molecular weight is 235 g/mol. The van der Waals surface area contributed by atoms with Gasteiger partial charge >= 0.3 is 6.95 Å². The average Bonchev–Trinajstić information content (AvgIpc) is 2.67. The van der Waals surface area contributed by atoms with E-state index in [1.54, 1.807) is 0 Å². The number of hydrogen-bond donors (Lipinski definition) is 0. The Kier molecular flexibility index (Phi) is 2.07. The van der Waals surface area contributed by atoms with Crippen LogP contribution in [-0.2, 0) is 13.6 Å². The van der Waals surface area contributed by atoms with Crippen molar-refractivity contribution < 1.29 is 13.6 Å². The fourth-order valence-electron chi connectivity index (χ4n) is 2.91. The first kappa shape index (κ1) is 9.41. The third kappa shape index (κ3) is 1.38. The Morgan fingerprint density at radius 1 is 1.14 bits per heavy atom. The van der Waals surface area contributed by atoms with Crippen molar-refractivity contribution >= 4 is 18.2 Å². The summed E-state index contributed by atoms with van der Waals surface area (Å²) in [5, 5.41) is 0. The Morgan fingerprint density at radius 2 is 1.64 bits per heavy atom. The van der Waals surface area contributed by atoms with Crippen LogP contribution in [-0.4, -0.2) is 13.2 Å². The van der Waals surface area contributed by atoms with E-state index in [1.807, 2.05) is 0 Å². The molecule has 0 spiro atoms. The largest absolute Gasteiger partial charge is 0.424 e. The molecule has 14 heavy (non-hydrogen) atoms. The van der Waals surface area contributed by atoms with Crippen LogP contribution in [0.5, 0.6) is 0 Å². The highest BCUT2D eigenvalue weighted by Crippen LogP contribution is 2.60. The molecule has 0 aromatic heterocycles. The van der Waals surface area contributed by atoms with Crippen LogP contribution in [0.3, 0.4) is 0 Å². The van der Waals surface area contributed by atoms with E-state index in [1.165, 1.54) is 6.42 Å². The summed E-state index contributed by atoms with van der Waals surface area (Å²) >= 11 is 5.59. The molecule has 1 saturated carbocycles. The van der Waals surface area contributed by atoms with E-state index < -0.39 is 6.95 Å². The van der Waals surface area contributed by atoms with Crippen molar-refractivity contribution in [1.82, 2.24) is 0 Å². The highest BCUT2D eigenvalue weighted by atomic mass is 35.7. The Labute approximate surface area is 87.7 Å². The molecule has 0 aromatic carbocycles. The topological polar surface area (TPSA) is 35.5 Å². The Morgan fingerprint density at radius 3 is 2.14 bits per heavy atom. The van der Waals surface area contributed by atoms with Crippen molar-refractivity contribution in [2.24, 2.45) is 23.7 Å². The zero-order valence-corrected chi connectivity index (χ0v) is 9.29. The molecular formula is C9H12ClO3P. The molecule has 1 heterocycles. The second-order valence-electron chi connectivity index (χ2n) is 4.30. The van der Waals surface area contributed by atoms with Gasteiger partial charge in [-0.1, -0.05) is 12.2 Å². The third-order valence-corrected chi connectivity index (χ3v) is 5.14. The van der Waals surface area contributed by atoms with Gasteiger partial charge in [0.15, 0.2) is 0 Å². The summed E-state index contributed by atoms with van der Waals surface area (Å²) in [5.74, 6) is 2.09. The molecule has 2 bridgehead atoms. The van der Waals surface area contributed by atoms with Crippen LogP contribution in [0.2, 0.25) is 0 Å². The molecule has 78 valence electrons. The van der Waals surface area contributed by atoms with E-state index in [9.17, 15) is 4.57 Å². The van der Waals surface area contributed by atoms with Crippen molar-refractivity contribution in [2.75, 3.05) is 13.2 Å². The number of allylic oxidation sites excluding steroid dienone is 2. The minimum atomic E-state index is -3.26. The van der Waals surface area contributed by atoms with E-state index in [4.69, 9.17) is 20.3 Å². The molecule has 1 unspecified atom stereocenters. The van der Waals surface area contributed by atoms with Crippen LogP contribution in [0.25, 0.3) is 0 Å². The van der Waals surface area contributed by atoms with E-state index >= 15 is 0 Å². The highest BCUT2D eigenvalue weighted by Gasteiger charge is 2.47. The van der Waals surface area contributed by atoms with Crippen molar-refractivity contribution in [3.05, 3.63) is 12.2 Å². The quantitative estimate of drug-likeness (QED) is 0.478. The summed E-state index contributed by atoms with van der Waals surface area (Å²) < 4.78 is 21.7. The third-order valence-electron chi connectivity index (χ3n) is 3.64. The molecule has 2 aliphatic carbocycles. The molecule has 3 aliphatic rings. The molecule has 3 nitrogen and oxygen atoms in total. The molecule has 1 aliphatic heterocycles. The van der Waals surface area contributed by atoms with Gasteiger partial charge in [-0.05, 0) is 30.1 Å². The van der Waals surface area contributed by atoms with Gasteiger partial charge in [0.2, 0.25) is 0 Å². The van der Waals surface area contributed by atoms with Gasteiger partial charge in [-0.15, -0.1) is 0 Å². The lowest BCUT2D eigenvalue weighted by Gasteiger charge is -2.23. The summed E-state index contributed by atoms with van der Waals surface area (Å²) in [4.78, 5) is 0. The minimum Gasteiger partial charge on any atom is -0.297 e. The maximum atomic E-state index is 11.4. The smallest absolute Gasteiger partial charge is 0.297 e. The van der Waals surface area contributed by atoms with Gasteiger partial charge in [0, 0.05) is 11.2 Å². The lowest BCUT2D eigenvalue weighted by atomic mass is 9.84. The van der Waals surface area contributed by atoms with Gasteiger partial charge in [0.1, 0.15) is 0 Å². The Bertz CT molecular complexity index is 304. The van der Waals surface area contributed by atoms with Crippen LogP contribution >= 0.6 is 18.2 Å². The predicted octanol–water partition coefficient (Wildman–Crippen LogP) is 2.82. The van der Waals surface area contributed by atoms with Gasteiger partial charge in [-0.3, -0.25) is 9.05 Å². The second-order valence-corrected chi connectivity index (χ2v) is 6.92. The highest BCUT2D eigenvalue weighted by molar-refractivity contribution is 7.81. The van der Waals surface area contributed by atoms with Gasteiger partial charge in [-0.2, -0.15) is 0 Å². The molecule has 0 radical (unpaired) electrons. The first-order chi connectivity index (χ1) is 6.66. The van der Waals surface area contributed by atoms with Gasteiger partial charge in [0.25, 0.3) is 0 Å². The lowest BCUT2D eigenvalue weighted by molar-refractivity contribution is 0.197. The zero-order chi connectivity index (χ0) is 9.76. The first-order valence-corrected chi connectivity index (χ1v) is 7.37. The minimum absolute atomic E-state index is 0.458. The van der Waals surface area contributed by atoms with Crippen molar-refractivity contribution in [2.45, 2.75) is 6.42 Å². The van der Waals surface area contributed by atoms with Crippen LogP contribution in [0.4, 0.5) is 0 Å². The monoisotopic (exact) mass is 234 g/mol. The molecule has 1 saturated heterocycles. The van der Waals surface area contributed by atoms with E-state index in [-0.39, 0.29) is 0 Å². The normalized spacial score (nSPS) is 55.8. The molecule has 0 amide bonds. The van der Waals surface area contributed by atoms with E-state index in [2.05, 4.69) is 12.2 Å². The van der Waals surface area contributed by atoms with Crippen molar-refractivity contribution in [3.63, 3.8) is 0 Å².